The minimum Gasteiger partial charge on any atom is -0.370 e. The molecule has 100 valence electrons. The fraction of sp³-hybridized carbons (Fsp3) is 0.462. The predicted octanol–water partition coefficient (Wildman–Crippen LogP) is 3.04. The predicted molar refractivity (Wildman–Crippen MR) is 87.7 cm³/mol. The van der Waals surface area contributed by atoms with Crippen molar-refractivity contribution in [2.75, 3.05) is 6.54 Å². The van der Waals surface area contributed by atoms with Gasteiger partial charge in [-0.15, -0.1) is 24.0 Å². The highest BCUT2D eigenvalue weighted by Gasteiger charge is 2.35. The summed E-state index contributed by atoms with van der Waals surface area (Å²) in [6, 6.07) is 8.05. The summed E-state index contributed by atoms with van der Waals surface area (Å²) in [5.41, 5.74) is 12.2. The van der Waals surface area contributed by atoms with Crippen LogP contribution in [0.4, 0.5) is 0 Å². The number of aliphatic imine (C=N–C) groups is 1. The summed E-state index contributed by atoms with van der Waals surface area (Å²) >= 11 is 6.06. The van der Waals surface area contributed by atoms with Crippen LogP contribution in [0.2, 0.25) is 5.02 Å². The molecule has 1 aromatic rings. The highest BCUT2D eigenvalue weighted by molar-refractivity contribution is 14.0. The zero-order valence-corrected chi connectivity index (χ0v) is 13.3. The third-order valence-electron chi connectivity index (χ3n) is 3.56. The molecule has 0 aliphatic heterocycles. The minimum absolute atomic E-state index is 0. The van der Waals surface area contributed by atoms with Crippen LogP contribution in [-0.4, -0.2) is 12.5 Å². The molecule has 0 atom stereocenters. The lowest BCUT2D eigenvalue weighted by Crippen LogP contribution is -2.30. The monoisotopic (exact) mass is 379 g/mol. The molecule has 0 radical (unpaired) electrons. The van der Waals surface area contributed by atoms with Crippen molar-refractivity contribution in [1.82, 2.24) is 0 Å². The molecular formula is C13H19ClIN3. The van der Waals surface area contributed by atoms with E-state index in [1.54, 1.807) is 0 Å². The van der Waals surface area contributed by atoms with Gasteiger partial charge in [0.1, 0.15) is 0 Å². The first kappa shape index (κ1) is 15.6. The Kier molecular flexibility index (Phi) is 5.72. The molecular weight excluding hydrogens is 361 g/mol. The number of benzene rings is 1. The van der Waals surface area contributed by atoms with Crippen LogP contribution in [0.25, 0.3) is 0 Å². The molecule has 3 nitrogen and oxygen atoms in total. The quantitative estimate of drug-likeness (QED) is 0.482. The first-order chi connectivity index (χ1) is 8.12. The molecule has 18 heavy (non-hydrogen) atoms. The van der Waals surface area contributed by atoms with Crippen molar-refractivity contribution in [1.29, 1.82) is 0 Å². The van der Waals surface area contributed by atoms with Gasteiger partial charge in [0.2, 0.25) is 0 Å². The van der Waals surface area contributed by atoms with Gasteiger partial charge in [-0.05, 0) is 30.5 Å². The maximum atomic E-state index is 6.06. The molecule has 0 heterocycles. The van der Waals surface area contributed by atoms with Gasteiger partial charge in [0.05, 0.1) is 6.54 Å². The Morgan fingerprint density at radius 3 is 2.50 bits per heavy atom. The number of guanidine groups is 1. The zero-order valence-electron chi connectivity index (χ0n) is 10.2. The second-order valence-electron chi connectivity index (χ2n) is 4.74. The summed E-state index contributed by atoms with van der Waals surface area (Å²) < 4.78 is 0. The highest BCUT2D eigenvalue weighted by atomic mass is 127. The molecule has 1 aromatic carbocycles. The zero-order chi connectivity index (χ0) is 12.3. The lowest BCUT2D eigenvalue weighted by molar-refractivity contribution is 0.454. The van der Waals surface area contributed by atoms with Crippen LogP contribution in [0, 0.1) is 0 Å². The van der Waals surface area contributed by atoms with Crippen LogP contribution in [0.5, 0.6) is 0 Å². The fourth-order valence-corrected chi connectivity index (χ4v) is 2.84. The molecule has 4 N–H and O–H groups in total. The highest BCUT2D eigenvalue weighted by Crippen LogP contribution is 2.41. The Morgan fingerprint density at radius 2 is 1.94 bits per heavy atom. The molecule has 1 aliphatic carbocycles. The Hall–Kier alpha value is -0.490. The van der Waals surface area contributed by atoms with E-state index >= 15 is 0 Å². The van der Waals surface area contributed by atoms with Gasteiger partial charge in [-0.2, -0.15) is 0 Å². The van der Waals surface area contributed by atoms with E-state index < -0.39 is 0 Å². The normalized spacial score (nSPS) is 16.9. The van der Waals surface area contributed by atoms with Crippen molar-refractivity contribution in [2.45, 2.75) is 31.1 Å². The van der Waals surface area contributed by atoms with Gasteiger partial charge >= 0.3 is 0 Å². The summed E-state index contributed by atoms with van der Waals surface area (Å²) in [7, 11) is 0. The number of nitrogens with zero attached hydrogens (tertiary/aromatic N) is 1. The summed E-state index contributed by atoms with van der Waals surface area (Å²) in [5, 5.41) is 0.776. The number of hydrogen-bond acceptors (Lipinski definition) is 1. The van der Waals surface area contributed by atoms with Gasteiger partial charge in [0, 0.05) is 10.4 Å². The number of rotatable bonds is 3. The lowest BCUT2D eigenvalue weighted by Gasteiger charge is -2.28. The summed E-state index contributed by atoms with van der Waals surface area (Å²) in [6.45, 7) is 0.662. The van der Waals surface area contributed by atoms with Crippen LogP contribution in [0.3, 0.4) is 0 Å². The molecule has 0 amide bonds. The Morgan fingerprint density at radius 1 is 1.28 bits per heavy atom. The Labute approximate surface area is 130 Å². The molecule has 0 aromatic heterocycles. The number of halogens is 2. The van der Waals surface area contributed by atoms with Crippen LogP contribution in [-0.2, 0) is 5.41 Å². The van der Waals surface area contributed by atoms with Crippen LogP contribution in [0.1, 0.15) is 31.2 Å². The van der Waals surface area contributed by atoms with Crippen LogP contribution in [0.15, 0.2) is 29.3 Å². The second-order valence-corrected chi connectivity index (χ2v) is 5.18. The van der Waals surface area contributed by atoms with Crippen molar-refractivity contribution < 1.29 is 0 Å². The summed E-state index contributed by atoms with van der Waals surface area (Å²) in [6.07, 6.45) is 4.72. The first-order valence-electron chi connectivity index (χ1n) is 5.94. The molecule has 0 spiro atoms. The van der Waals surface area contributed by atoms with E-state index in [1.807, 2.05) is 18.2 Å². The molecule has 0 bridgehead atoms. The Bertz CT molecular complexity index is 424. The van der Waals surface area contributed by atoms with Crippen molar-refractivity contribution >= 4 is 41.5 Å². The van der Waals surface area contributed by atoms with E-state index in [4.69, 9.17) is 23.1 Å². The van der Waals surface area contributed by atoms with Crippen LogP contribution < -0.4 is 11.5 Å². The van der Waals surface area contributed by atoms with E-state index in [9.17, 15) is 0 Å². The van der Waals surface area contributed by atoms with Crippen molar-refractivity contribution in [2.24, 2.45) is 16.5 Å². The van der Waals surface area contributed by atoms with E-state index in [2.05, 4.69) is 11.1 Å². The minimum atomic E-state index is 0. The molecule has 5 heteroatoms. The maximum Gasteiger partial charge on any atom is 0.185 e. The maximum absolute atomic E-state index is 6.06. The molecule has 1 saturated carbocycles. The van der Waals surface area contributed by atoms with E-state index in [1.165, 1.54) is 18.4 Å². The van der Waals surface area contributed by atoms with Gasteiger partial charge in [0.25, 0.3) is 0 Å². The average molecular weight is 380 g/mol. The Balaban J connectivity index is 0.00000162. The van der Waals surface area contributed by atoms with Gasteiger partial charge in [0.15, 0.2) is 5.96 Å². The largest absolute Gasteiger partial charge is 0.370 e. The smallest absolute Gasteiger partial charge is 0.185 e. The van der Waals surface area contributed by atoms with Crippen LogP contribution >= 0.6 is 35.6 Å². The van der Waals surface area contributed by atoms with Gasteiger partial charge in [-0.1, -0.05) is 36.6 Å². The first-order valence-corrected chi connectivity index (χ1v) is 6.32. The average Bonchev–Trinajstić information content (AvgIpc) is 2.76. The molecule has 2 rings (SSSR count). The van der Waals surface area contributed by atoms with Gasteiger partial charge in [-0.3, -0.25) is 4.99 Å². The molecule has 0 unspecified atom stereocenters. The lowest BCUT2D eigenvalue weighted by atomic mass is 9.79. The van der Waals surface area contributed by atoms with E-state index in [0.29, 0.717) is 6.54 Å². The van der Waals surface area contributed by atoms with Crippen molar-refractivity contribution in [3.8, 4) is 0 Å². The van der Waals surface area contributed by atoms with E-state index in [-0.39, 0.29) is 35.4 Å². The van der Waals surface area contributed by atoms with Crippen molar-refractivity contribution in [3.63, 3.8) is 0 Å². The van der Waals surface area contributed by atoms with E-state index in [0.717, 1.165) is 17.9 Å². The third kappa shape index (κ3) is 3.51. The molecule has 1 fully saturated rings. The SMILES string of the molecule is I.NC(N)=NCC1(c2cccc(Cl)c2)CCCC1. The number of hydrogen-bond donors (Lipinski definition) is 2. The van der Waals surface area contributed by atoms with Gasteiger partial charge < -0.3 is 11.5 Å². The number of nitrogens with two attached hydrogens (primary N) is 2. The fourth-order valence-electron chi connectivity index (χ4n) is 2.65. The van der Waals surface area contributed by atoms with Crippen molar-refractivity contribution in [3.05, 3.63) is 34.9 Å². The summed E-state index contributed by atoms with van der Waals surface area (Å²) in [4.78, 5) is 4.21. The topological polar surface area (TPSA) is 64.4 Å². The summed E-state index contributed by atoms with van der Waals surface area (Å²) in [5.74, 6) is 0.165. The second kappa shape index (κ2) is 6.61. The standard InChI is InChI=1S/C13H18ClN3.HI/c14-11-5-3-4-10(8-11)13(6-1-2-7-13)9-17-12(15)16;/h3-5,8H,1-2,6-7,9H2,(H4,15,16,17);1H. The van der Waals surface area contributed by atoms with Gasteiger partial charge in [-0.25, -0.2) is 0 Å². The molecule has 1 aliphatic rings. The third-order valence-corrected chi connectivity index (χ3v) is 3.80. The molecule has 0 saturated heterocycles.